The van der Waals surface area contributed by atoms with Crippen molar-refractivity contribution in [2.45, 2.75) is 12.8 Å². The fourth-order valence-electron chi connectivity index (χ4n) is 1.15. The predicted molar refractivity (Wildman–Crippen MR) is 59.8 cm³/mol. The third-order valence-electron chi connectivity index (χ3n) is 1.81. The van der Waals surface area contributed by atoms with Crippen LogP contribution in [0.4, 0.5) is 8.78 Å². The summed E-state index contributed by atoms with van der Waals surface area (Å²) in [5, 5.41) is 8.61. The molecule has 1 rings (SSSR count). The fraction of sp³-hybridized carbons (Fsp3) is 0.333. The number of pyridine rings is 1. The zero-order valence-electron chi connectivity index (χ0n) is 8.21. The van der Waals surface area contributed by atoms with E-state index in [1.807, 2.05) is 0 Å². The molecule has 0 fully saturated rings. The number of hydrogen-bond acceptors (Lipinski definition) is 3. The molecule has 0 bridgehead atoms. The van der Waals surface area contributed by atoms with E-state index in [0.717, 1.165) is 6.07 Å². The van der Waals surface area contributed by atoms with Gasteiger partial charge in [-0.05, 0) is 28.7 Å². The van der Waals surface area contributed by atoms with Crippen LogP contribution in [0.1, 0.15) is 17.6 Å². The number of alkyl halides is 2. The van der Waals surface area contributed by atoms with E-state index >= 15 is 0 Å². The van der Waals surface area contributed by atoms with Crippen LogP contribution in [-0.2, 0) is 11.2 Å². The number of carboxylic acid groups (broad SMARTS) is 1. The maximum atomic E-state index is 12.5. The van der Waals surface area contributed by atoms with Gasteiger partial charge in [-0.2, -0.15) is 0 Å². The van der Waals surface area contributed by atoms with Gasteiger partial charge >= 0.3 is 5.97 Å². The second-order valence-corrected chi connectivity index (χ2v) is 3.93. The van der Waals surface area contributed by atoms with Crippen molar-refractivity contribution in [1.29, 1.82) is 0 Å². The van der Waals surface area contributed by atoms with E-state index in [-0.39, 0.29) is 20.7 Å². The highest BCUT2D eigenvalue weighted by molar-refractivity contribution is 14.1. The maximum absolute atomic E-state index is 12.5. The first-order valence-corrected chi connectivity index (χ1v) is 5.26. The van der Waals surface area contributed by atoms with Crippen molar-refractivity contribution < 1.29 is 23.4 Å². The first kappa shape index (κ1) is 13.1. The Balaban J connectivity index is 3.22. The lowest BCUT2D eigenvalue weighted by atomic mass is 10.1. The molecule has 0 aliphatic carbocycles. The number of halogens is 3. The summed E-state index contributed by atoms with van der Waals surface area (Å²) >= 11 is 1.66. The van der Waals surface area contributed by atoms with Gasteiger partial charge in [0.2, 0.25) is 5.88 Å². The minimum absolute atomic E-state index is 0.0659. The molecule has 0 aliphatic rings. The summed E-state index contributed by atoms with van der Waals surface area (Å²) in [4.78, 5) is 14.3. The molecule has 1 N–H and O–H groups in total. The number of hydrogen-bond donors (Lipinski definition) is 1. The summed E-state index contributed by atoms with van der Waals surface area (Å²) in [6.07, 6.45) is -3.08. The van der Waals surface area contributed by atoms with E-state index in [2.05, 4.69) is 4.98 Å². The number of aliphatic carboxylic acids is 1. The topological polar surface area (TPSA) is 59.4 Å². The lowest BCUT2D eigenvalue weighted by Gasteiger charge is -2.09. The number of methoxy groups -OCH3 is 1. The van der Waals surface area contributed by atoms with Crippen LogP contribution in [0.2, 0.25) is 0 Å². The molecule has 7 heteroatoms. The zero-order chi connectivity index (χ0) is 12.3. The minimum atomic E-state index is -2.68. The molecule has 88 valence electrons. The highest BCUT2D eigenvalue weighted by Crippen LogP contribution is 2.28. The van der Waals surface area contributed by atoms with E-state index in [1.54, 1.807) is 22.6 Å². The third-order valence-corrected chi connectivity index (χ3v) is 2.68. The van der Waals surface area contributed by atoms with Gasteiger partial charge in [0, 0.05) is 5.56 Å². The SMILES string of the molecule is COc1nc(I)c(C(F)F)cc1CC(=O)O. The lowest BCUT2D eigenvalue weighted by molar-refractivity contribution is -0.136. The van der Waals surface area contributed by atoms with Crippen LogP contribution in [-0.4, -0.2) is 23.2 Å². The molecular formula is C9H8F2INO3. The van der Waals surface area contributed by atoms with Crippen molar-refractivity contribution in [3.05, 3.63) is 20.9 Å². The molecule has 1 heterocycles. The molecule has 0 saturated carbocycles. The normalized spacial score (nSPS) is 10.6. The summed E-state index contributed by atoms with van der Waals surface area (Å²) in [7, 11) is 1.31. The molecule has 0 unspecified atom stereocenters. The van der Waals surface area contributed by atoms with Crippen molar-refractivity contribution in [2.24, 2.45) is 0 Å². The Kier molecular flexibility index (Phi) is 4.39. The molecule has 0 aliphatic heterocycles. The Morgan fingerprint density at radius 1 is 1.69 bits per heavy atom. The maximum Gasteiger partial charge on any atom is 0.308 e. The molecule has 0 radical (unpaired) electrons. The van der Waals surface area contributed by atoms with Crippen LogP contribution in [0.15, 0.2) is 6.07 Å². The molecule has 0 saturated heterocycles. The van der Waals surface area contributed by atoms with Gasteiger partial charge in [0.05, 0.1) is 19.1 Å². The van der Waals surface area contributed by atoms with Crippen molar-refractivity contribution in [3.8, 4) is 5.88 Å². The fourth-order valence-corrected chi connectivity index (χ4v) is 1.76. The molecule has 0 atom stereocenters. The van der Waals surface area contributed by atoms with Crippen LogP contribution in [0.3, 0.4) is 0 Å². The molecule has 0 spiro atoms. The van der Waals surface area contributed by atoms with Gasteiger partial charge < -0.3 is 9.84 Å². The zero-order valence-corrected chi connectivity index (χ0v) is 10.4. The van der Waals surface area contributed by atoms with E-state index in [1.165, 1.54) is 7.11 Å². The number of nitrogens with zero attached hydrogens (tertiary/aromatic N) is 1. The number of ether oxygens (including phenoxy) is 1. The Morgan fingerprint density at radius 2 is 2.31 bits per heavy atom. The molecule has 0 aromatic carbocycles. The summed E-state index contributed by atoms with van der Waals surface area (Å²) in [5.74, 6) is -1.06. The Hall–Kier alpha value is -0.990. The van der Waals surface area contributed by atoms with Crippen molar-refractivity contribution in [2.75, 3.05) is 7.11 Å². The van der Waals surface area contributed by atoms with E-state index < -0.39 is 18.8 Å². The first-order chi connectivity index (χ1) is 7.45. The van der Waals surface area contributed by atoms with Gasteiger partial charge in [0.15, 0.2) is 0 Å². The Labute approximate surface area is 104 Å². The number of rotatable bonds is 4. The van der Waals surface area contributed by atoms with E-state index in [4.69, 9.17) is 9.84 Å². The van der Waals surface area contributed by atoms with Crippen LogP contribution in [0.25, 0.3) is 0 Å². The van der Waals surface area contributed by atoms with Gasteiger partial charge in [0.1, 0.15) is 3.70 Å². The molecule has 16 heavy (non-hydrogen) atoms. The molecule has 1 aromatic rings. The Morgan fingerprint density at radius 3 is 2.75 bits per heavy atom. The number of aromatic nitrogens is 1. The van der Waals surface area contributed by atoms with Crippen LogP contribution in [0.5, 0.6) is 5.88 Å². The largest absolute Gasteiger partial charge is 0.481 e. The number of carbonyl (C=O) groups is 1. The summed E-state index contributed by atoms with van der Waals surface area (Å²) in [6, 6.07) is 1.12. The quantitative estimate of drug-likeness (QED) is 0.673. The van der Waals surface area contributed by atoms with Gasteiger partial charge in [0.25, 0.3) is 6.43 Å². The van der Waals surface area contributed by atoms with Crippen molar-refractivity contribution in [3.63, 3.8) is 0 Å². The van der Waals surface area contributed by atoms with Crippen molar-refractivity contribution in [1.82, 2.24) is 4.98 Å². The van der Waals surface area contributed by atoms with Gasteiger partial charge in [-0.1, -0.05) is 0 Å². The minimum Gasteiger partial charge on any atom is -0.481 e. The van der Waals surface area contributed by atoms with Crippen LogP contribution < -0.4 is 4.74 Å². The summed E-state index contributed by atoms with van der Waals surface area (Å²) < 4.78 is 30.0. The second kappa shape index (κ2) is 5.37. The molecule has 4 nitrogen and oxygen atoms in total. The van der Waals surface area contributed by atoms with E-state index in [0.29, 0.717) is 0 Å². The Bertz CT molecular complexity index is 412. The average molecular weight is 343 g/mol. The second-order valence-electron chi connectivity index (χ2n) is 2.91. The van der Waals surface area contributed by atoms with Gasteiger partial charge in [-0.3, -0.25) is 4.79 Å². The van der Waals surface area contributed by atoms with Gasteiger partial charge in [-0.25, -0.2) is 13.8 Å². The lowest BCUT2D eigenvalue weighted by Crippen LogP contribution is -2.06. The molecular weight excluding hydrogens is 335 g/mol. The monoisotopic (exact) mass is 343 g/mol. The molecule has 1 aromatic heterocycles. The smallest absolute Gasteiger partial charge is 0.308 e. The summed E-state index contributed by atoms with van der Waals surface area (Å²) in [5.41, 5.74) is -0.136. The number of carboxylic acids is 1. The highest BCUT2D eigenvalue weighted by atomic mass is 127. The molecule has 0 amide bonds. The van der Waals surface area contributed by atoms with Crippen LogP contribution in [0, 0.1) is 3.70 Å². The predicted octanol–water partition coefficient (Wildman–Crippen LogP) is 2.26. The van der Waals surface area contributed by atoms with Crippen LogP contribution >= 0.6 is 22.6 Å². The highest BCUT2D eigenvalue weighted by Gasteiger charge is 2.18. The standard InChI is InChI=1S/C9H8F2INO3/c1-16-9-4(3-6(14)15)2-5(7(10)11)8(12)13-9/h2,7H,3H2,1H3,(H,14,15). The van der Waals surface area contributed by atoms with Crippen molar-refractivity contribution >= 4 is 28.6 Å². The van der Waals surface area contributed by atoms with Gasteiger partial charge in [-0.15, -0.1) is 0 Å². The summed E-state index contributed by atoms with van der Waals surface area (Å²) in [6.45, 7) is 0. The first-order valence-electron chi connectivity index (χ1n) is 4.19. The third kappa shape index (κ3) is 3.00. The van der Waals surface area contributed by atoms with E-state index in [9.17, 15) is 13.6 Å². The average Bonchev–Trinajstić information content (AvgIpc) is 2.18.